The number of amides is 1. The average Bonchev–Trinajstić information content (AvgIpc) is 3.00. The quantitative estimate of drug-likeness (QED) is 0.774. The van der Waals surface area contributed by atoms with Crippen molar-refractivity contribution in [2.24, 2.45) is 11.8 Å². The zero-order valence-corrected chi connectivity index (χ0v) is 8.66. The molecule has 1 unspecified atom stereocenters. The number of carbonyl (C=O) groups excluding carboxylic acids is 1. The van der Waals surface area contributed by atoms with Crippen LogP contribution in [0.3, 0.4) is 0 Å². The number of pyridine rings is 1. The van der Waals surface area contributed by atoms with Crippen molar-refractivity contribution >= 4 is 23.3 Å². The highest BCUT2D eigenvalue weighted by molar-refractivity contribution is 6.30. The maximum absolute atomic E-state index is 11.5. The minimum Gasteiger partial charge on any atom is -0.310 e. The number of nitrogens with zero attached hydrogens (tertiary/aromatic N) is 1. The Labute approximate surface area is 92.8 Å². The van der Waals surface area contributed by atoms with E-state index in [1.807, 2.05) is 0 Å². The first-order chi connectivity index (χ1) is 7.20. The van der Waals surface area contributed by atoms with Crippen LogP contribution in [0.5, 0.6) is 0 Å². The molecule has 1 aromatic heterocycles. The van der Waals surface area contributed by atoms with E-state index in [9.17, 15) is 4.79 Å². The molecule has 1 amide bonds. The summed E-state index contributed by atoms with van der Waals surface area (Å²) in [6.45, 7) is 0. The minimum absolute atomic E-state index is 0.0486. The molecule has 0 spiro atoms. The molecular formula is C11H9ClN2O. The largest absolute Gasteiger partial charge is 0.310 e. The lowest BCUT2D eigenvalue weighted by molar-refractivity contribution is -0.117. The van der Waals surface area contributed by atoms with Crippen LogP contribution in [0, 0.1) is 24.2 Å². The standard InChI is InChI=1S/C11H9ClN2O/c1-2-7-5-9(7)11(15)14-10-4-3-8(12)6-13-10/h1,3-4,6-7,9H,5H2,(H,13,14,15)/t7?,9-/m0/s1. The van der Waals surface area contributed by atoms with E-state index in [2.05, 4.69) is 16.2 Å². The van der Waals surface area contributed by atoms with Gasteiger partial charge in [-0.15, -0.1) is 12.3 Å². The number of rotatable bonds is 2. The highest BCUT2D eigenvalue weighted by atomic mass is 35.5. The van der Waals surface area contributed by atoms with Gasteiger partial charge in [-0.1, -0.05) is 11.6 Å². The molecule has 1 saturated carbocycles. The zero-order valence-electron chi connectivity index (χ0n) is 7.90. The lowest BCUT2D eigenvalue weighted by Crippen LogP contribution is -2.15. The van der Waals surface area contributed by atoms with Gasteiger partial charge in [-0.25, -0.2) is 4.98 Å². The van der Waals surface area contributed by atoms with Gasteiger partial charge < -0.3 is 5.32 Å². The topological polar surface area (TPSA) is 42.0 Å². The lowest BCUT2D eigenvalue weighted by atomic mass is 10.3. The Bertz CT molecular complexity index is 421. The van der Waals surface area contributed by atoms with E-state index in [1.54, 1.807) is 12.1 Å². The van der Waals surface area contributed by atoms with Gasteiger partial charge >= 0.3 is 0 Å². The molecule has 76 valence electrons. The normalized spacial score (nSPS) is 22.9. The molecule has 2 rings (SSSR count). The number of hydrogen-bond acceptors (Lipinski definition) is 2. The Morgan fingerprint density at radius 1 is 1.67 bits per heavy atom. The van der Waals surface area contributed by atoms with E-state index >= 15 is 0 Å². The van der Waals surface area contributed by atoms with Crippen molar-refractivity contribution in [1.82, 2.24) is 4.98 Å². The molecule has 1 aliphatic carbocycles. The van der Waals surface area contributed by atoms with Gasteiger partial charge in [0.1, 0.15) is 5.82 Å². The summed E-state index contributed by atoms with van der Waals surface area (Å²) < 4.78 is 0. The number of nitrogens with one attached hydrogen (secondary N) is 1. The first-order valence-electron chi connectivity index (χ1n) is 4.59. The van der Waals surface area contributed by atoms with Crippen molar-refractivity contribution in [2.75, 3.05) is 5.32 Å². The number of carbonyl (C=O) groups is 1. The van der Waals surface area contributed by atoms with Gasteiger partial charge in [0, 0.05) is 12.1 Å². The van der Waals surface area contributed by atoms with Crippen LogP contribution in [-0.4, -0.2) is 10.9 Å². The van der Waals surface area contributed by atoms with E-state index in [0.717, 1.165) is 6.42 Å². The average molecular weight is 221 g/mol. The fourth-order valence-corrected chi connectivity index (χ4v) is 1.45. The monoisotopic (exact) mass is 220 g/mol. The van der Waals surface area contributed by atoms with Crippen molar-refractivity contribution in [3.8, 4) is 12.3 Å². The lowest BCUT2D eigenvalue weighted by Gasteiger charge is -2.02. The predicted octanol–water partition coefficient (Wildman–Crippen LogP) is 1.94. The van der Waals surface area contributed by atoms with Crippen molar-refractivity contribution in [3.63, 3.8) is 0 Å². The van der Waals surface area contributed by atoms with Crippen LogP contribution in [0.2, 0.25) is 5.02 Å². The summed E-state index contributed by atoms with van der Waals surface area (Å²) in [6, 6.07) is 3.34. The van der Waals surface area contributed by atoms with Crippen molar-refractivity contribution in [2.45, 2.75) is 6.42 Å². The van der Waals surface area contributed by atoms with Crippen LogP contribution >= 0.6 is 11.6 Å². The van der Waals surface area contributed by atoms with Crippen LogP contribution < -0.4 is 5.32 Å². The van der Waals surface area contributed by atoms with Gasteiger partial charge in [0.25, 0.3) is 0 Å². The van der Waals surface area contributed by atoms with Gasteiger partial charge in [0.2, 0.25) is 5.91 Å². The van der Waals surface area contributed by atoms with Gasteiger partial charge in [0.05, 0.1) is 10.9 Å². The molecule has 3 nitrogen and oxygen atoms in total. The Hall–Kier alpha value is -1.53. The number of halogens is 1. The summed E-state index contributed by atoms with van der Waals surface area (Å²) in [6.07, 6.45) is 7.47. The molecule has 0 aliphatic heterocycles. The van der Waals surface area contributed by atoms with Crippen LogP contribution in [0.4, 0.5) is 5.82 Å². The Morgan fingerprint density at radius 3 is 3.00 bits per heavy atom. The van der Waals surface area contributed by atoms with E-state index < -0.39 is 0 Å². The molecule has 0 saturated heterocycles. The molecule has 0 radical (unpaired) electrons. The second-order valence-corrected chi connectivity index (χ2v) is 3.90. The number of aromatic nitrogens is 1. The Kier molecular flexibility index (Phi) is 2.61. The smallest absolute Gasteiger partial charge is 0.229 e. The van der Waals surface area contributed by atoms with Crippen molar-refractivity contribution < 1.29 is 4.79 Å². The molecular weight excluding hydrogens is 212 g/mol. The number of terminal acetylenes is 1. The molecule has 1 aliphatic rings. The van der Waals surface area contributed by atoms with Crippen LogP contribution in [0.25, 0.3) is 0 Å². The molecule has 1 N–H and O–H groups in total. The third kappa shape index (κ3) is 2.28. The maximum atomic E-state index is 11.5. The Morgan fingerprint density at radius 2 is 2.47 bits per heavy atom. The van der Waals surface area contributed by atoms with Crippen molar-refractivity contribution in [1.29, 1.82) is 0 Å². The fraction of sp³-hybridized carbons (Fsp3) is 0.273. The minimum atomic E-state index is -0.0622. The molecule has 15 heavy (non-hydrogen) atoms. The van der Waals surface area contributed by atoms with Crippen LogP contribution in [0.15, 0.2) is 18.3 Å². The Balaban J connectivity index is 1.96. The highest BCUT2D eigenvalue weighted by Gasteiger charge is 2.41. The third-order valence-corrected chi connectivity index (χ3v) is 2.54. The summed E-state index contributed by atoms with van der Waals surface area (Å²) in [7, 11) is 0. The molecule has 2 atom stereocenters. The van der Waals surface area contributed by atoms with E-state index in [0.29, 0.717) is 10.8 Å². The van der Waals surface area contributed by atoms with E-state index in [4.69, 9.17) is 18.0 Å². The number of hydrogen-bond donors (Lipinski definition) is 1. The maximum Gasteiger partial charge on any atom is 0.229 e. The molecule has 1 fully saturated rings. The second kappa shape index (κ2) is 3.92. The fourth-order valence-electron chi connectivity index (χ4n) is 1.34. The summed E-state index contributed by atoms with van der Waals surface area (Å²) in [5.41, 5.74) is 0. The summed E-state index contributed by atoms with van der Waals surface area (Å²) >= 11 is 5.67. The van der Waals surface area contributed by atoms with Crippen molar-refractivity contribution in [3.05, 3.63) is 23.4 Å². The first-order valence-corrected chi connectivity index (χ1v) is 4.97. The van der Waals surface area contributed by atoms with Crippen LogP contribution in [-0.2, 0) is 4.79 Å². The molecule has 0 bridgehead atoms. The van der Waals surface area contributed by atoms with E-state index in [-0.39, 0.29) is 17.7 Å². The van der Waals surface area contributed by atoms with Gasteiger partial charge in [-0.3, -0.25) is 4.79 Å². The predicted molar refractivity (Wildman–Crippen MR) is 58.3 cm³/mol. The molecule has 1 aromatic rings. The molecule has 0 aromatic carbocycles. The van der Waals surface area contributed by atoms with Gasteiger partial charge in [-0.05, 0) is 18.6 Å². The van der Waals surface area contributed by atoms with Gasteiger partial charge in [-0.2, -0.15) is 0 Å². The summed E-state index contributed by atoms with van der Waals surface area (Å²) in [5.74, 6) is 3.05. The van der Waals surface area contributed by atoms with E-state index in [1.165, 1.54) is 6.20 Å². The first kappa shape index (κ1) is 10.0. The SMILES string of the molecule is C#CC1C[C@@H]1C(=O)Nc1ccc(Cl)cn1. The molecule has 4 heteroatoms. The highest BCUT2D eigenvalue weighted by Crippen LogP contribution is 2.38. The van der Waals surface area contributed by atoms with Crippen LogP contribution in [0.1, 0.15) is 6.42 Å². The number of anilines is 1. The molecule has 1 heterocycles. The third-order valence-electron chi connectivity index (χ3n) is 2.32. The zero-order chi connectivity index (χ0) is 10.8. The summed E-state index contributed by atoms with van der Waals surface area (Å²) in [4.78, 5) is 15.5. The van der Waals surface area contributed by atoms with Gasteiger partial charge in [0.15, 0.2) is 0 Å². The summed E-state index contributed by atoms with van der Waals surface area (Å²) in [5, 5.41) is 3.23. The second-order valence-electron chi connectivity index (χ2n) is 3.47.